The number of benzene rings is 1. The standard InChI is InChI=1S/C24H35N5O5/c1-16(2)15-19(18(21(31)28-34)10-6-9-17-7-4-3-5-8-17)20(30)27-29-22(32)24(26-23(29)33)11-13-25-14-12-24/h3-5,7-8,16,18-19,25,34H,6,9-15H2,1-2H3,(H,26,33)(H,27,30)(H,28,31)/t18-,19+/m0/s1. The Bertz CT molecular complexity index is 885. The molecule has 5 amide bonds. The quantitative estimate of drug-likeness (QED) is 0.198. The zero-order valence-corrected chi connectivity index (χ0v) is 19.8. The number of nitrogens with zero attached hydrogens (tertiary/aromatic N) is 1. The van der Waals surface area contributed by atoms with E-state index >= 15 is 0 Å². The Morgan fingerprint density at radius 2 is 1.76 bits per heavy atom. The summed E-state index contributed by atoms with van der Waals surface area (Å²) >= 11 is 0. The Morgan fingerprint density at radius 3 is 2.38 bits per heavy atom. The van der Waals surface area contributed by atoms with E-state index < -0.39 is 41.1 Å². The number of piperidine rings is 1. The number of nitrogens with one attached hydrogen (secondary N) is 4. The van der Waals surface area contributed by atoms with Gasteiger partial charge in [0.05, 0.1) is 11.8 Å². The predicted octanol–water partition coefficient (Wildman–Crippen LogP) is 1.50. The van der Waals surface area contributed by atoms with Crippen molar-refractivity contribution in [2.75, 3.05) is 13.1 Å². The van der Waals surface area contributed by atoms with Gasteiger partial charge in [-0.2, -0.15) is 5.01 Å². The maximum atomic E-state index is 13.3. The number of imide groups is 1. The van der Waals surface area contributed by atoms with Crippen molar-refractivity contribution in [2.24, 2.45) is 17.8 Å². The minimum absolute atomic E-state index is 0.0673. The molecule has 10 heteroatoms. The van der Waals surface area contributed by atoms with E-state index in [4.69, 9.17) is 0 Å². The number of aryl methyl sites for hydroxylation is 1. The highest BCUT2D eigenvalue weighted by Crippen LogP contribution is 2.29. The van der Waals surface area contributed by atoms with Crippen molar-refractivity contribution < 1.29 is 24.4 Å². The van der Waals surface area contributed by atoms with E-state index in [9.17, 15) is 24.4 Å². The van der Waals surface area contributed by atoms with E-state index in [0.29, 0.717) is 45.2 Å². The van der Waals surface area contributed by atoms with Gasteiger partial charge in [0, 0.05) is 0 Å². The van der Waals surface area contributed by atoms with Crippen LogP contribution in [0.3, 0.4) is 0 Å². The third-order valence-electron chi connectivity index (χ3n) is 6.66. The summed E-state index contributed by atoms with van der Waals surface area (Å²) in [5.41, 5.74) is 4.27. The number of hydroxylamine groups is 1. The van der Waals surface area contributed by atoms with Crippen LogP contribution >= 0.6 is 0 Å². The highest BCUT2D eigenvalue weighted by molar-refractivity contribution is 6.08. The average Bonchev–Trinajstić information content (AvgIpc) is 3.04. The molecule has 0 bridgehead atoms. The summed E-state index contributed by atoms with van der Waals surface area (Å²) in [6.45, 7) is 5.03. The normalized spacial score (nSPS) is 19.1. The fraction of sp³-hybridized carbons (Fsp3) is 0.583. The molecule has 2 atom stereocenters. The van der Waals surface area contributed by atoms with Crippen LogP contribution in [0.25, 0.3) is 0 Å². The molecular weight excluding hydrogens is 438 g/mol. The van der Waals surface area contributed by atoms with Gasteiger partial charge in [-0.1, -0.05) is 44.2 Å². The Hall–Kier alpha value is -2.98. The number of urea groups is 1. The van der Waals surface area contributed by atoms with Crippen LogP contribution in [0.15, 0.2) is 30.3 Å². The van der Waals surface area contributed by atoms with Crippen molar-refractivity contribution in [3.63, 3.8) is 0 Å². The van der Waals surface area contributed by atoms with Crippen LogP contribution in [0.4, 0.5) is 4.79 Å². The van der Waals surface area contributed by atoms with Crippen LogP contribution in [-0.2, 0) is 20.8 Å². The summed E-state index contributed by atoms with van der Waals surface area (Å²) in [5, 5.41) is 16.0. The molecule has 2 fully saturated rings. The molecule has 0 unspecified atom stereocenters. The molecule has 0 aromatic heterocycles. The third-order valence-corrected chi connectivity index (χ3v) is 6.66. The van der Waals surface area contributed by atoms with Crippen LogP contribution in [0.5, 0.6) is 0 Å². The molecule has 34 heavy (non-hydrogen) atoms. The molecule has 2 saturated heterocycles. The minimum atomic E-state index is -1.01. The second kappa shape index (κ2) is 11.4. The molecule has 0 saturated carbocycles. The maximum Gasteiger partial charge on any atom is 0.344 e. The molecule has 10 nitrogen and oxygen atoms in total. The van der Waals surface area contributed by atoms with Crippen molar-refractivity contribution in [2.45, 2.75) is 57.9 Å². The summed E-state index contributed by atoms with van der Waals surface area (Å²) in [7, 11) is 0. The minimum Gasteiger partial charge on any atom is -0.321 e. The molecule has 3 rings (SSSR count). The van der Waals surface area contributed by atoms with Crippen LogP contribution in [0.2, 0.25) is 0 Å². The molecule has 1 aromatic carbocycles. The van der Waals surface area contributed by atoms with Crippen molar-refractivity contribution in [3.05, 3.63) is 35.9 Å². The molecule has 0 radical (unpaired) electrons. The van der Waals surface area contributed by atoms with Gasteiger partial charge in [-0.25, -0.2) is 10.3 Å². The fourth-order valence-corrected chi connectivity index (χ4v) is 4.84. The maximum absolute atomic E-state index is 13.3. The monoisotopic (exact) mass is 473 g/mol. The number of carbonyl (C=O) groups excluding carboxylic acids is 4. The molecule has 2 heterocycles. The van der Waals surface area contributed by atoms with Crippen molar-refractivity contribution in [1.82, 2.24) is 26.5 Å². The SMILES string of the molecule is CC(C)C[C@@H](C(=O)NN1C(=O)NC2(CCNCC2)C1=O)[C@H](CCCc1ccccc1)C(=O)NO. The van der Waals surface area contributed by atoms with E-state index in [2.05, 4.69) is 16.1 Å². The molecule has 186 valence electrons. The summed E-state index contributed by atoms with van der Waals surface area (Å²) in [5.74, 6) is -3.30. The van der Waals surface area contributed by atoms with Gasteiger partial charge < -0.3 is 10.6 Å². The molecule has 0 aliphatic carbocycles. The van der Waals surface area contributed by atoms with E-state index in [1.54, 1.807) is 5.48 Å². The Balaban J connectivity index is 1.73. The topological polar surface area (TPSA) is 140 Å². The van der Waals surface area contributed by atoms with E-state index in [-0.39, 0.29) is 5.92 Å². The van der Waals surface area contributed by atoms with Gasteiger partial charge >= 0.3 is 6.03 Å². The lowest BCUT2D eigenvalue weighted by Crippen LogP contribution is -2.55. The van der Waals surface area contributed by atoms with Gasteiger partial charge in [-0.15, -0.1) is 0 Å². The second-order valence-electron chi connectivity index (χ2n) is 9.58. The number of hydrogen-bond donors (Lipinski definition) is 5. The van der Waals surface area contributed by atoms with Gasteiger partial charge in [-0.3, -0.25) is 25.0 Å². The molecule has 5 N–H and O–H groups in total. The highest BCUT2D eigenvalue weighted by atomic mass is 16.5. The zero-order valence-electron chi connectivity index (χ0n) is 19.8. The lowest BCUT2D eigenvalue weighted by atomic mass is 9.81. The number of amides is 5. The summed E-state index contributed by atoms with van der Waals surface area (Å²) in [4.78, 5) is 51.5. The lowest BCUT2D eigenvalue weighted by molar-refractivity contribution is -0.146. The smallest absolute Gasteiger partial charge is 0.321 e. The van der Waals surface area contributed by atoms with Crippen LogP contribution in [0.1, 0.15) is 51.5 Å². The van der Waals surface area contributed by atoms with Crippen molar-refractivity contribution in [1.29, 1.82) is 0 Å². The summed E-state index contributed by atoms with van der Waals surface area (Å²) < 4.78 is 0. The fourth-order valence-electron chi connectivity index (χ4n) is 4.84. The molecule has 1 spiro atoms. The van der Waals surface area contributed by atoms with Gasteiger partial charge in [0.15, 0.2) is 0 Å². The highest BCUT2D eigenvalue weighted by Gasteiger charge is 2.52. The summed E-state index contributed by atoms with van der Waals surface area (Å²) in [6, 6.07) is 9.13. The van der Waals surface area contributed by atoms with Crippen LogP contribution < -0.4 is 21.5 Å². The summed E-state index contributed by atoms with van der Waals surface area (Å²) in [6.07, 6.45) is 2.94. The Labute approximate surface area is 199 Å². The largest absolute Gasteiger partial charge is 0.344 e. The zero-order chi connectivity index (χ0) is 24.7. The lowest BCUT2D eigenvalue weighted by Gasteiger charge is -2.31. The third kappa shape index (κ3) is 5.92. The molecule has 1 aromatic rings. The number of hydrazine groups is 1. The van der Waals surface area contributed by atoms with E-state index in [1.807, 2.05) is 44.2 Å². The molecule has 2 aliphatic rings. The average molecular weight is 474 g/mol. The van der Waals surface area contributed by atoms with Crippen molar-refractivity contribution >= 4 is 23.8 Å². The van der Waals surface area contributed by atoms with E-state index in [0.717, 1.165) is 17.0 Å². The number of hydrogen-bond acceptors (Lipinski definition) is 6. The first kappa shape index (κ1) is 25.6. The van der Waals surface area contributed by atoms with Crippen molar-refractivity contribution in [3.8, 4) is 0 Å². The first-order valence-electron chi connectivity index (χ1n) is 11.9. The number of carbonyl (C=O) groups is 4. The Morgan fingerprint density at radius 1 is 1.09 bits per heavy atom. The molecule has 2 aliphatic heterocycles. The van der Waals surface area contributed by atoms with Gasteiger partial charge in [-0.05, 0) is 63.1 Å². The first-order valence-corrected chi connectivity index (χ1v) is 11.9. The van der Waals surface area contributed by atoms with Crippen LogP contribution in [0, 0.1) is 17.8 Å². The number of rotatable bonds is 10. The Kier molecular flexibility index (Phi) is 8.62. The van der Waals surface area contributed by atoms with Crippen LogP contribution in [-0.4, -0.2) is 52.6 Å². The second-order valence-corrected chi connectivity index (χ2v) is 9.58. The predicted molar refractivity (Wildman–Crippen MR) is 124 cm³/mol. The first-order chi connectivity index (χ1) is 16.3. The van der Waals surface area contributed by atoms with Gasteiger partial charge in [0.25, 0.3) is 5.91 Å². The van der Waals surface area contributed by atoms with Gasteiger partial charge in [0.1, 0.15) is 5.54 Å². The van der Waals surface area contributed by atoms with E-state index in [1.165, 1.54) is 0 Å². The van der Waals surface area contributed by atoms with Gasteiger partial charge in [0.2, 0.25) is 11.8 Å². The molecular formula is C24H35N5O5.